The highest BCUT2D eigenvalue weighted by atomic mass is 32.1. The van der Waals surface area contributed by atoms with Crippen LogP contribution in [0.15, 0.2) is 55.4 Å². The van der Waals surface area contributed by atoms with Gasteiger partial charge >= 0.3 is 0 Å². The van der Waals surface area contributed by atoms with Gasteiger partial charge in [-0.3, -0.25) is 4.79 Å². The Morgan fingerprint density at radius 2 is 2.04 bits per heavy atom. The molecular formula is C22H21N3OS. The molecule has 0 radical (unpaired) electrons. The van der Waals surface area contributed by atoms with Crippen LogP contribution in [-0.2, 0) is 11.3 Å². The average molecular weight is 375 g/mol. The summed E-state index contributed by atoms with van der Waals surface area (Å²) in [4.78, 5) is 25.5. The fourth-order valence-electron chi connectivity index (χ4n) is 3.76. The molecule has 0 bridgehead atoms. The Bertz CT molecular complexity index is 1020. The maximum Gasteiger partial charge on any atom is 0.246 e. The smallest absolute Gasteiger partial charge is 0.246 e. The van der Waals surface area contributed by atoms with Crippen molar-refractivity contribution in [3.05, 3.63) is 82.0 Å². The minimum absolute atomic E-state index is 0.0212. The zero-order valence-electron chi connectivity index (χ0n) is 15.5. The molecule has 0 spiro atoms. The highest BCUT2D eigenvalue weighted by Gasteiger charge is 2.31. The van der Waals surface area contributed by atoms with Crippen molar-refractivity contribution in [3.63, 3.8) is 0 Å². The Morgan fingerprint density at radius 1 is 1.22 bits per heavy atom. The fraction of sp³-hybridized carbons (Fsp3) is 0.227. The van der Waals surface area contributed by atoms with Crippen LogP contribution in [0.2, 0.25) is 0 Å². The van der Waals surface area contributed by atoms with E-state index in [9.17, 15) is 4.79 Å². The van der Waals surface area contributed by atoms with Crippen LogP contribution < -0.4 is 0 Å². The predicted octanol–water partition coefficient (Wildman–Crippen LogP) is 4.48. The third-order valence-electron chi connectivity index (χ3n) is 4.98. The molecule has 27 heavy (non-hydrogen) atoms. The minimum atomic E-state index is -0.0212. The normalized spacial score (nSPS) is 16.1. The number of carbonyl (C=O) groups excluding carboxylic acids is 1. The molecule has 0 fully saturated rings. The number of carbonyl (C=O) groups is 1. The Balaban J connectivity index is 1.85. The topological polar surface area (TPSA) is 46.1 Å². The van der Waals surface area contributed by atoms with E-state index in [-0.39, 0.29) is 11.8 Å². The van der Waals surface area contributed by atoms with Crippen LogP contribution in [0.1, 0.15) is 32.5 Å². The third-order valence-corrected chi connectivity index (χ3v) is 6.03. The van der Waals surface area contributed by atoms with E-state index in [1.165, 1.54) is 27.0 Å². The molecule has 4 nitrogen and oxygen atoms in total. The van der Waals surface area contributed by atoms with Gasteiger partial charge < -0.3 is 4.90 Å². The van der Waals surface area contributed by atoms with Crippen molar-refractivity contribution in [2.45, 2.75) is 26.3 Å². The lowest BCUT2D eigenvalue weighted by Gasteiger charge is -2.33. The van der Waals surface area contributed by atoms with E-state index in [1.807, 2.05) is 24.0 Å². The van der Waals surface area contributed by atoms with Crippen LogP contribution in [0.4, 0.5) is 0 Å². The number of hydrogen-bond donors (Lipinski definition) is 0. The van der Waals surface area contributed by atoms with Gasteiger partial charge in [0.25, 0.3) is 0 Å². The number of aromatic nitrogens is 2. The molecule has 4 rings (SSSR count). The monoisotopic (exact) mass is 375 g/mol. The highest BCUT2D eigenvalue weighted by molar-refractivity contribution is 7.12. The lowest BCUT2D eigenvalue weighted by atomic mass is 9.84. The van der Waals surface area contributed by atoms with Crippen molar-refractivity contribution in [3.8, 4) is 11.3 Å². The summed E-state index contributed by atoms with van der Waals surface area (Å²) in [5, 5.41) is 0. The van der Waals surface area contributed by atoms with Crippen LogP contribution in [-0.4, -0.2) is 27.3 Å². The molecule has 5 heteroatoms. The number of aryl methyl sites for hydroxylation is 2. The van der Waals surface area contributed by atoms with E-state index in [1.54, 1.807) is 17.7 Å². The zero-order valence-corrected chi connectivity index (χ0v) is 16.3. The van der Waals surface area contributed by atoms with Crippen molar-refractivity contribution >= 4 is 17.2 Å². The van der Waals surface area contributed by atoms with Crippen molar-refractivity contribution in [2.75, 3.05) is 6.54 Å². The second-order valence-electron chi connectivity index (χ2n) is 6.84. The minimum Gasteiger partial charge on any atom is -0.333 e. The number of benzene rings is 1. The lowest BCUT2D eigenvalue weighted by molar-refractivity contribution is -0.127. The first-order valence-corrected chi connectivity index (χ1v) is 9.77. The van der Waals surface area contributed by atoms with Crippen LogP contribution >= 0.6 is 11.3 Å². The molecule has 1 atom stereocenters. The van der Waals surface area contributed by atoms with Gasteiger partial charge in [-0.2, -0.15) is 0 Å². The van der Waals surface area contributed by atoms with Crippen molar-refractivity contribution < 1.29 is 4.79 Å². The number of amides is 1. The first-order valence-electron chi connectivity index (χ1n) is 8.95. The summed E-state index contributed by atoms with van der Waals surface area (Å²) in [7, 11) is 0. The number of rotatable bonds is 3. The molecule has 0 aliphatic carbocycles. The first-order chi connectivity index (χ1) is 13.1. The summed E-state index contributed by atoms with van der Waals surface area (Å²) in [6, 6.07) is 12.6. The van der Waals surface area contributed by atoms with E-state index < -0.39 is 0 Å². The second kappa shape index (κ2) is 7.08. The standard InChI is InChI=1S/C22H21N3OS/c1-4-22(26)25-11-19(18-10-15(3)27-21(18)12-25)16-7-5-6-8-17(16)20-9-14(2)23-13-24-20/h4-10,13,19H,1,11-12H2,2-3H3/t19-/m1/s1. The van der Waals surface area contributed by atoms with Gasteiger partial charge in [0.1, 0.15) is 6.33 Å². The maximum absolute atomic E-state index is 12.4. The number of nitrogens with zero attached hydrogens (tertiary/aromatic N) is 3. The second-order valence-corrected chi connectivity index (χ2v) is 8.18. The molecule has 1 amide bonds. The van der Waals surface area contributed by atoms with Gasteiger partial charge in [0.15, 0.2) is 0 Å². The number of thiophene rings is 1. The van der Waals surface area contributed by atoms with Crippen LogP contribution in [0.25, 0.3) is 11.3 Å². The Morgan fingerprint density at radius 3 is 2.81 bits per heavy atom. The Hall–Kier alpha value is -2.79. The highest BCUT2D eigenvalue weighted by Crippen LogP contribution is 2.41. The first kappa shape index (κ1) is 17.6. The van der Waals surface area contributed by atoms with Gasteiger partial charge in [-0.05, 0) is 43.2 Å². The molecule has 1 aliphatic heterocycles. The lowest BCUT2D eigenvalue weighted by Crippen LogP contribution is -2.37. The summed E-state index contributed by atoms with van der Waals surface area (Å²) in [6.45, 7) is 9.07. The SMILES string of the molecule is C=CC(=O)N1Cc2sc(C)cc2[C@@H](c2ccccc2-c2cc(C)ncn2)C1. The summed E-state index contributed by atoms with van der Waals surface area (Å²) in [6.07, 6.45) is 3.01. The summed E-state index contributed by atoms with van der Waals surface area (Å²) in [5.41, 5.74) is 5.46. The summed E-state index contributed by atoms with van der Waals surface area (Å²) in [5.74, 6) is 0.0983. The molecule has 0 N–H and O–H groups in total. The quantitative estimate of drug-likeness (QED) is 0.634. The Kier molecular flexibility index (Phi) is 4.62. The molecule has 136 valence electrons. The fourth-order valence-corrected chi connectivity index (χ4v) is 4.87. The van der Waals surface area contributed by atoms with Gasteiger partial charge in [0.2, 0.25) is 5.91 Å². The molecule has 0 saturated heterocycles. The predicted molar refractivity (Wildman–Crippen MR) is 109 cm³/mol. The van der Waals surface area contributed by atoms with E-state index in [4.69, 9.17) is 0 Å². The number of fused-ring (bicyclic) bond motifs is 1. The average Bonchev–Trinajstić information content (AvgIpc) is 3.06. The summed E-state index contributed by atoms with van der Waals surface area (Å²) >= 11 is 1.77. The molecule has 3 heterocycles. The van der Waals surface area contributed by atoms with Gasteiger partial charge in [-0.25, -0.2) is 9.97 Å². The van der Waals surface area contributed by atoms with Crippen molar-refractivity contribution in [1.29, 1.82) is 0 Å². The van der Waals surface area contributed by atoms with Gasteiger partial charge in [-0.15, -0.1) is 11.3 Å². The summed E-state index contributed by atoms with van der Waals surface area (Å²) < 4.78 is 0. The molecule has 1 aliphatic rings. The molecule has 0 unspecified atom stereocenters. The maximum atomic E-state index is 12.4. The molecule has 0 saturated carbocycles. The van der Waals surface area contributed by atoms with Crippen LogP contribution in [0.3, 0.4) is 0 Å². The largest absolute Gasteiger partial charge is 0.333 e. The van der Waals surface area contributed by atoms with Crippen molar-refractivity contribution in [2.24, 2.45) is 0 Å². The third kappa shape index (κ3) is 3.30. The van der Waals surface area contributed by atoms with Gasteiger partial charge in [0.05, 0.1) is 12.2 Å². The van der Waals surface area contributed by atoms with Gasteiger partial charge in [-0.1, -0.05) is 30.8 Å². The molecule has 1 aromatic carbocycles. The number of hydrogen-bond acceptors (Lipinski definition) is 4. The van der Waals surface area contributed by atoms with Gasteiger partial charge in [0, 0.05) is 33.5 Å². The van der Waals surface area contributed by atoms with E-state index in [2.05, 4.69) is 47.7 Å². The van der Waals surface area contributed by atoms with E-state index in [0.29, 0.717) is 13.1 Å². The molecule has 2 aromatic heterocycles. The Labute approximate surface area is 163 Å². The molecule has 3 aromatic rings. The van der Waals surface area contributed by atoms with Crippen LogP contribution in [0.5, 0.6) is 0 Å². The van der Waals surface area contributed by atoms with Crippen LogP contribution in [0, 0.1) is 13.8 Å². The van der Waals surface area contributed by atoms with Crippen molar-refractivity contribution in [1.82, 2.24) is 14.9 Å². The molecular weight excluding hydrogens is 354 g/mol. The van der Waals surface area contributed by atoms with E-state index >= 15 is 0 Å². The van der Waals surface area contributed by atoms with E-state index in [0.717, 1.165) is 17.0 Å². The zero-order chi connectivity index (χ0) is 19.0.